The summed E-state index contributed by atoms with van der Waals surface area (Å²) in [4.78, 5) is 0. The Morgan fingerprint density at radius 3 is 2.94 bits per heavy atom. The van der Waals surface area contributed by atoms with Crippen LogP contribution in [0, 0.1) is 11.8 Å². The lowest BCUT2D eigenvalue weighted by Crippen LogP contribution is -2.35. The molecule has 3 N–H and O–H groups in total. The van der Waals surface area contributed by atoms with E-state index in [2.05, 4.69) is 29.4 Å². The molecule has 1 saturated carbocycles. The zero-order valence-corrected chi connectivity index (χ0v) is 10.6. The summed E-state index contributed by atoms with van der Waals surface area (Å²) in [5.74, 6) is 2.02. The maximum Gasteiger partial charge on any atom is 0.315 e. The standard InChI is InChI=1S/C12H22N4O/c1-8-4-3-5-10(9(8)2)14-12-16-15-11(17-12)6-7-13/h8-10H,3-7,13H2,1-2H3,(H,14,16). The van der Waals surface area contributed by atoms with E-state index in [0.717, 1.165) is 5.92 Å². The molecule has 0 aromatic carbocycles. The summed E-state index contributed by atoms with van der Waals surface area (Å²) in [6.07, 6.45) is 4.42. The van der Waals surface area contributed by atoms with Gasteiger partial charge in [0.1, 0.15) is 0 Å². The van der Waals surface area contributed by atoms with Crippen molar-refractivity contribution in [2.24, 2.45) is 17.6 Å². The van der Waals surface area contributed by atoms with Crippen LogP contribution in [0.5, 0.6) is 0 Å². The number of nitrogens with two attached hydrogens (primary N) is 1. The topological polar surface area (TPSA) is 77.0 Å². The van der Waals surface area contributed by atoms with E-state index in [1.165, 1.54) is 19.3 Å². The number of hydrogen-bond acceptors (Lipinski definition) is 5. The van der Waals surface area contributed by atoms with E-state index >= 15 is 0 Å². The largest absolute Gasteiger partial charge is 0.408 e. The Morgan fingerprint density at radius 1 is 1.35 bits per heavy atom. The van der Waals surface area contributed by atoms with Crippen molar-refractivity contribution in [2.75, 3.05) is 11.9 Å². The molecule has 0 aliphatic heterocycles. The minimum atomic E-state index is 0.449. The summed E-state index contributed by atoms with van der Waals surface area (Å²) in [7, 11) is 0. The van der Waals surface area contributed by atoms with Crippen LogP contribution in [0.2, 0.25) is 0 Å². The van der Waals surface area contributed by atoms with Crippen molar-refractivity contribution in [1.29, 1.82) is 0 Å². The minimum Gasteiger partial charge on any atom is -0.408 e. The molecule has 17 heavy (non-hydrogen) atoms. The lowest BCUT2D eigenvalue weighted by molar-refractivity contribution is 0.250. The molecule has 1 heterocycles. The summed E-state index contributed by atoms with van der Waals surface area (Å²) in [5, 5.41) is 11.3. The number of hydrogen-bond donors (Lipinski definition) is 2. The summed E-state index contributed by atoms with van der Waals surface area (Å²) in [6.45, 7) is 5.14. The van der Waals surface area contributed by atoms with Crippen molar-refractivity contribution in [1.82, 2.24) is 10.2 Å². The van der Waals surface area contributed by atoms with Gasteiger partial charge in [-0.25, -0.2) is 0 Å². The number of anilines is 1. The van der Waals surface area contributed by atoms with Gasteiger partial charge < -0.3 is 15.5 Å². The Hall–Kier alpha value is -1.10. The average Bonchev–Trinajstić information content (AvgIpc) is 2.73. The fraction of sp³-hybridized carbons (Fsp3) is 0.833. The van der Waals surface area contributed by atoms with Crippen LogP contribution in [0.3, 0.4) is 0 Å². The molecule has 3 unspecified atom stereocenters. The summed E-state index contributed by atoms with van der Waals surface area (Å²) in [6, 6.07) is 0.990. The molecule has 0 amide bonds. The number of nitrogens with zero attached hydrogens (tertiary/aromatic N) is 2. The maximum absolute atomic E-state index is 5.50. The van der Waals surface area contributed by atoms with Gasteiger partial charge in [0.05, 0.1) is 0 Å². The summed E-state index contributed by atoms with van der Waals surface area (Å²) >= 11 is 0. The molecule has 1 fully saturated rings. The van der Waals surface area contributed by atoms with Crippen LogP contribution in [0.4, 0.5) is 6.01 Å². The van der Waals surface area contributed by atoms with E-state index in [9.17, 15) is 0 Å². The van der Waals surface area contributed by atoms with E-state index in [-0.39, 0.29) is 0 Å². The van der Waals surface area contributed by atoms with Crippen LogP contribution in [-0.4, -0.2) is 22.8 Å². The highest BCUT2D eigenvalue weighted by molar-refractivity contribution is 5.20. The van der Waals surface area contributed by atoms with Gasteiger partial charge >= 0.3 is 6.01 Å². The molecule has 2 rings (SSSR count). The third-order valence-electron chi connectivity index (χ3n) is 3.84. The second kappa shape index (κ2) is 5.49. The molecule has 1 aliphatic rings. The Bertz CT molecular complexity index is 352. The molecule has 1 aromatic rings. The van der Waals surface area contributed by atoms with Crippen LogP contribution in [-0.2, 0) is 6.42 Å². The highest BCUT2D eigenvalue weighted by Gasteiger charge is 2.27. The van der Waals surface area contributed by atoms with Crippen LogP contribution in [0.1, 0.15) is 39.0 Å². The number of aromatic nitrogens is 2. The molecule has 0 bridgehead atoms. The third-order valence-corrected chi connectivity index (χ3v) is 3.84. The van der Waals surface area contributed by atoms with Crippen LogP contribution in [0.25, 0.3) is 0 Å². The summed E-state index contributed by atoms with van der Waals surface area (Å²) in [5.41, 5.74) is 5.45. The highest BCUT2D eigenvalue weighted by atomic mass is 16.4. The zero-order valence-electron chi connectivity index (χ0n) is 10.6. The SMILES string of the molecule is CC1CCCC(Nc2nnc(CCN)o2)C1C. The van der Waals surface area contributed by atoms with Gasteiger partial charge in [-0.1, -0.05) is 31.8 Å². The molecule has 0 saturated heterocycles. The van der Waals surface area contributed by atoms with E-state index < -0.39 is 0 Å². The van der Waals surface area contributed by atoms with E-state index in [4.69, 9.17) is 10.2 Å². The monoisotopic (exact) mass is 238 g/mol. The predicted octanol–water partition coefficient (Wildman–Crippen LogP) is 1.81. The Balaban J connectivity index is 1.94. The quantitative estimate of drug-likeness (QED) is 0.836. The van der Waals surface area contributed by atoms with Crippen LogP contribution < -0.4 is 11.1 Å². The van der Waals surface area contributed by atoms with E-state index in [1.807, 2.05) is 0 Å². The molecule has 1 aliphatic carbocycles. The molecule has 1 aromatic heterocycles. The van der Waals surface area contributed by atoms with Crippen LogP contribution >= 0.6 is 0 Å². The molecule has 3 atom stereocenters. The maximum atomic E-state index is 5.50. The second-order valence-corrected chi connectivity index (χ2v) is 5.06. The van der Waals surface area contributed by atoms with Gasteiger partial charge in [-0.15, -0.1) is 5.10 Å². The Kier molecular flexibility index (Phi) is 3.99. The second-order valence-electron chi connectivity index (χ2n) is 5.06. The normalized spacial score (nSPS) is 29.2. The van der Waals surface area contributed by atoms with Gasteiger partial charge in [0.2, 0.25) is 5.89 Å². The Labute approximate surface area is 102 Å². The third kappa shape index (κ3) is 2.97. The van der Waals surface area contributed by atoms with Crippen LogP contribution in [0.15, 0.2) is 4.42 Å². The molecule has 96 valence electrons. The molecule has 0 radical (unpaired) electrons. The minimum absolute atomic E-state index is 0.449. The lowest BCUT2D eigenvalue weighted by atomic mass is 9.78. The van der Waals surface area contributed by atoms with Crippen molar-refractivity contribution in [2.45, 2.75) is 45.6 Å². The zero-order chi connectivity index (χ0) is 12.3. The van der Waals surface area contributed by atoms with E-state index in [1.54, 1.807) is 0 Å². The first kappa shape index (κ1) is 12.4. The van der Waals surface area contributed by atoms with Crippen molar-refractivity contribution in [3.8, 4) is 0 Å². The molecule has 5 nitrogen and oxygen atoms in total. The van der Waals surface area contributed by atoms with Gasteiger partial charge in [0, 0.05) is 19.0 Å². The van der Waals surface area contributed by atoms with Crippen molar-refractivity contribution in [3.05, 3.63) is 5.89 Å². The first-order chi connectivity index (χ1) is 8.20. The number of nitrogens with one attached hydrogen (secondary N) is 1. The van der Waals surface area contributed by atoms with Gasteiger partial charge in [0.25, 0.3) is 0 Å². The molecular weight excluding hydrogens is 216 g/mol. The molecular formula is C12H22N4O. The number of rotatable bonds is 4. The molecule has 0 spiro atoms. The summed E-state index contributed by atoms with van der Waals surface area (Å²) < 4.78 is 5.50. The van der Waals surface area contributed by atoms with Crippen molar-refractivity contribution >= 4 is 6.01 Å². The van der Waals surface area contributed by atoms with Gasteiger partial charge in [-0.05, 0) is 18.3 Å². The van der Waals surface area contributed by atoms with Crippen molar-refractivity contribution in [3.63, 3.8) is 0 Å². The van der Waals surface area contributed by atoms with Gasteiger partial charge in [0.15, 0.2) is 0 Å². The lowest BCUT2D eigenvalue weighted by Gasteiger charge is -2.33. The Morgan fingerprint density at radius 2 is 2.18 bits per heavy atom. The molecule has 5 heteroatoms. The van der Waals surface area contributed by atoms with Crippen molar-refractivity contribution < 1.29 is 4.42 Å². The predicted molar refractivity (Wildman–Crippen MR) is 66.6 cm³/mol. The smallest absolute Gasteiger partial charge is 0.315 e. The fourth-order valence-electron chi connectivity index (χ4n) is 2.48. The van der Waals surface area contributed by atoms with E-state index in [0.29, 0.717) is 36.8 Å². The highest BCUT2D eigenvalue weighted by Crippen LogP contribution is 2.31. The fourth-order valence-corrected chi connectivity index (χ4v) is 2.48. The first-order valence-corrected chi connectivity index (χ1v) is 6.49. The first-order valence-electron chi connectivity index (χ1n) is 6.49. The van der Waals surface area contributed by atoms with Gasteiger partial charge in [-0.2, -0.15) is 0 Å². The average molecular weight is 238 g/mol. The van der Waals surface area contributed by atoms with Gasteiger partial charge in [-0.3, -0.25) is 0 Å².